The molecule has 4 nitrogen and oxygen atoms in total. The first-order chi connectivity index (χ1) is 13.3. The molecule has 4 heteroatoms. The number of aliphatic hydroxyl groups is 1. The molecule has 1 atom stereocenters. The molecule has 0 aromatic heterocycles. The summed E-state index contributed by atoms with van der Waals surface area (Å²) in [5.74, 6) is 0.159. The van der Waals surface area contributed by atoms with Gasteiger partial charge in [0.2, 0.25) is 0 Å². The second-order valence-corrected chi connectivity index (χ2v) is 7.91. The predicted molar refractivity (Wildman–Crippen MR) is 113 cm³/mol. The van der Waals surface area contributed by atoms with Crippen LogP contribution in [0.4, 0.5) is 0 Å². The summed E-state index contributed by atoms with van der Waals surface area (Å²) < 4.78 is 10.9. The minimum Gasteiger partial charge on any atom is -0.489 e. The Kier molecular flexibility index (Phi) is 5.71. The molecule has 0 bridgehead atoms. The molecule has 3 aromatic rings. The molecule has 28 heavy (non-hydrogen) atoms. The summed E-state index contributed by atoms with van der Waals surface area (Å²) in [6.45, 7) is 9.79. The number of hydrogen-bond acceptors (Lipinski definition) is 4. The molecule has 1 N–H and O–H groups in total. The minimum absolute atomic E-state index is 0.0224. The molecular formula is C24H26O4. The lowest BCUT2D eigenvalue weighted by atomic mass is 9.85. The Labute approximate surface area is 165 Å². The fourth-order valence-corrected chi connectivity index (χ4v) is 3.12. The van der Waals surface area contributed by atoms with Crippen LogP contribution in [-0.4, -0.2) is 30.4 Å². The lowest BCUT2D eigenvalue weighted by molar-refractivity contribution is -0.141. The molecule has 0 spiro atoms. The van der Waals surface area contributed by atoms with Gasteiger partial charge in [0, 0.05) is 16.8 Å². The van der Waals surface area contributed by atoms with Crippen molar-refractivity contribution in [1.29, 1.82) is 0 Å². The van der Waals surface area contributed by atoms with Gasteiger partial charge in [-0.15, -0.1) is 0 Å². The third-order valence-corrected chi connectivity index (χ3v) is 4.68. The lowest BCUT2D eigenvalue weighted by Gasteiger charge is -2.21. The van der Waals surface area contributed by atoms with E-state index >= 15 is 0 Å². The molecule has 0 aliphatic carbocycles. The molecule has 3 rings (SSSR count). The lowest BCUT2D eigenvalue weighted by Crippen LogP contribution is -2.24. The van der Waals surface area contributed by atoms with E-state index in [-0.39, 0.29) is 18.6 Å². The molecule has 0 aliphatic rings. The number of rotatable bonds is 6. The van der Waals surface area contributed by atoms with Crippen LogP contribution in [0, 0.1) is 0 Å². The van der Waals surface area contributed by atoms with Crippen LogP contribution in [0.5, 0.6) is 5.75 Å². The summed E-state index contributed by atoms with van der Waals surface area (Å²) in [7, 11) is 0. The van der Waals surface area contributed by atoms with Gasteiger partial charge in [-0.2, -0.15) is 0 Å². The predicted octanol–water partition coefficient (Wildman–Crippen LogP) is 4.76. The smallest absolute Gasteiger partial charge is 0.330 e. The van der Waals surface area contributed by atoms with E-state index in [4.69, 9.17) is 9.47 Å². The van der Waals surface area contributed by atoms with Crippen LogP contribution in [0.3, 0.4) is 0 Å². The van der Waals surface area contributed by atoms with Crippen molar-refractivity contribution in [2.75, 3.05) is 13.2 Å². The van der Waals surface area contributed by atoms with Gasteiger partial charge in [-0.05, 0) is 27.8 Å². The van der Waals surface area contributed by atoms with Gasteiger partial charge in [0.1, 0.15) is 25.1 Å². The second kappa shape index (κ2) is 8.03. The van der Waals surface area contributed by atoms with E-state index in [0.717, 1.165) is 33.4 Å². The van der Waals surface area contributed by atoms with E-state index in [0.29, 0.717) is 0 Å². The van der Waals surface area contributed by atoms with Crippen LogP contribution >= 0.6 is 0 Å². The Bertz CT molecular complexity index is 1010. The van der Waals surface area contributed by atoms with Crippen molar-refractivity contribution in [2.24, 2.45) is 0 Å². The van der Waals surface area contributed by atoms with Crippen LogP contribution in [0.1, 0.15) is 26.3 Å². The number of ether oxygens (including phenoxy) is 2. The van der Waals surface area contributed by atoms with Crippen molar-refractivity contribution in [1.82, 2.24) is 0 Å². The number of carbonyl (C=O) groups is 1. The van der Waals surface area contributed by atoms with E-state index in [2.05, 4.69) is 51.6 Å². The third kappa shape index (κ3) is 4.34. The van der Waals surface area contributed by atoms with Crippen LogP contribution < -0.4 is 4.74 Å². The van der Waals surface area contributed by atoms with Crippen LogP contribution in [-0.2, 0) is 14.9 Å². The van der Waals surface area contributed by atoms with E-state index in [9.17, 15) is 9.90 Å². The van der Waals surface area contributed by atoms with Crippen molar-refractivity contribution in [3.8, 4) is 5.75 Å². The molecule has 0 heterocycles. The molecule has 0 amide bonds. The summed E-state index contributed by atoms with van der Waals surface area (Å²) in [6, 6.07) is 16.6. The summed E-state index contributed by atoms with van der Waals surface area (Å²) in [5, 5.41) is 14.2. The Balaban J connectivity index is 1.96. The number of hydrogen-bond donors (Lipinski definition) is 1. The number of benzene rings is 3. The average molecular weight is 378 g/mol. The number of fused-ring (bicyclic) bond motifs is 2. The maximum absolute atomic E-state index is 11.2. The van der Waals surface area contributed by atoms with Crippen LogP contribution in [0.2, 0.25) is 0 Å². The molecule has 1 unspecified atom stereocenters. The van der Waals surface area contributed by atoms with Gasteiger partial charge in [0.15, 0.2) is 0 Å². The average Bonchev–Trinajstić information content (AvgIpc) is 2.68. The van der Waals surface area contributed by atoms with Gasteiger partial charge in [-0.1, -0.05) is 69.8 Å². The highest BCUT2D eigenvalue weighted by Gasteiger charge is 2.17. The van der Waals surface area contributed by atoms with Crippen molar-refractivity contribution < 1.29 is 19.4 Å². The maximum atomic E-state index is 11.2. The van der Waals surface area contributed by atoms with E-state index in [1.54, 1.807) is 0 Å². The zero-order chi connectivity index (χ0) is 20.3. The largest absolute Gasteiger partial charge is 0.489 e. The van der Waals surface area contributed by atoms with Gasteiger partial charge in [0.25, 0.3) is 0 Å². The summed E-state index contributed by atoms with van der Waals surface area (Å²) in [6.07, 6.45) is 0.144. The fourth-order valence-electron chi connectivity index (χ4n) is 3.12. The Morgan fingerprint density at radius 1 is 1.07 bits per heavy atom. The number of aliphatic hydroxyl groups excluding tert-OH is 1. The number of esters is 1. The quantitative estimate of drug-likeness (QED) is 0.382. The normalized spacial score (nSPS) is 12.7. The Morgan fingerprint density at radius 3 is 2.50 bits per heavy atom. The molecule has 0 fully saturated rings. The van der Waals surface area contributed by atoms with Crippen molar-refractivity contribution >= 4 is 27.5 Å². The molecule has 0 saturated heterocycles. The highest BCUT2D eigenvalue weighted by molar-refractivity contribution is 6.05. The molecule has 0 radical (unpaired) electrons. The van der Waals surface area contributed by atoms with Gasteiger partial charge in [-0.3, -0.25) is 0 Å². The molecule has 146 valence electrons. The van der Waals surface area contributed by atoms with Gasteiger partial charge >= 0.3 is 5.97 Å². The third-order valence-electron chi connectivity index (χ3n) is 4.68. The summed E-state index contributed by atoms with van der Waals surface area (Å²) in [5.41, 5.74) is 1.30. The van der Waals surface area contributed by atoms with Gasteiger partial charge in [0.05, 0.1) is 0 Å². The molecule has 0 aliphatic heterocycles. The number of carbonyl (C=O) groups excluding carboxylic acids is 1. The molecular weight excluding hydrogens is 352 g/mol. The standard InChI is InChI=1S/C24H26O4/c1-5-22(26)27-14-19(25)15-28-23-20-9-7-6-8-16(20)12-17-13-18(24(2,3)4)10-11-21(17)23/h5-13,19,25H,1,14-15H2,2-4H3. The molecule has 3 aromatic carbocycles. The van der Waals surface area contributed by atoms with E-state index < -0.39 is 12.1 Å². The SMILES string of the molecule is C=CC(=O)OCC(O)COc1c2ccccc2cc2cc(C(C)(C)C)ccc12. The summed E-state index contributed by atoms with van der Waals surface area (Å²) in [4.78, 5) is 11.2. The van der Waals surface area contributed by atoms with E-state index in [1.807, 2.05) is 24.3 Å². The van der Waals surface area contributed by atoms with Gasteiger partial charge < -0.3 is 14.6 Å². The monoisotopic (exact) mass is 378 g/mol. The first-order valence-corrected chi connectivity index (χ1v) is 9.35. The van der Waals surface area contributed by atoms with E-state index in [1.165, 1.54) is 5.56 Å². The Morgan fingerprint density at radius 2 is 1.79 bits per heavy atom. The molecule has 0 saturated carbocycles. The van der Waals surface area contributed by atoms with Gasteiger partial charge in [-0.25, -0.2) is 4.79 Å². The van der Waals surface area contributed by atoms with Crippen LogP contribution in [0.15, 0.2) is 61.2 Å². The maximum Gasteiger partial charge on any atom is 0.330 e. The minimum atomic E-state index is -0.924. The van der Waals surface area contributed by atoms with Crippen molar-refractivity contribution in [3.05, 3.63) is 66.7 Å². The van der Waals surface area contributed by atoms with Crippen molar-refractivity contribution in [3.63, 3.8) is 0 Å². The van der Waals surface area contributed by atoms with Crippen molar-refractivity contribution in [2.45, 2.75) is 32.3 Å². The first kappa shape index (κ1) is 19.9. The Hall–Kier alpha value is -2.85. The zero-order valence-electron chi connectivity index (χ0n) is 16.6. The zero-order valence-corrected chi connectivity index (χ0v) is 16.6. The highest BCUT2D eigenvalue weighted by atomic mass is 16.5. The topological polar surface area (TPSA) is 55.8 Å². The fraction of sp³-hybridized carbons (Fsp3) is 0.292. The second-order valence-electron chi connectivity index (χ2n) is 7.91. The summed E-state index contributed by atoms with van der Waals surface area (Å²) >= 11 is 0. The first-order valence-electron chi connectivity index (χ1n) is 9.35. The van der Waals surface area contributed by atoms with Crippen LogP contribution in [0.25, 0.3) is 21.5 Å². The highest BCUT2D eigenvalue weighted by Crippen LogP contribution is 2.37.